The van der Waals surface area contributed by atoms with Gasteiger partial charge in [0.25, 0.3) is 0 Å². The van der Waals surface area contributed by atoms with Gasteiger partial charge in [0.2, 0.25) is 0 Å². The number of piperidine rings is 1. The van der Waals surface area contributed by atoms with Crippen LogP contribution in [0.1, 0.15) is 41.6 Å². The number of nitrogens with zero attached hydrogens (tertiary/aromatic N) is 2. The van der Waals surface area contributed by atoms with Gasteiger partial charge < -0.3 is 14.5 Å². The average molecular weight is 459 g/mol. The number of Topliss-reactive ketones (excluding diaryl/α,β-unsaturated/α-hetero) is 1. The molecule has 0 saturated carbocycles. The van der Waals surface area contributed by atoms with Gasteiger partial charge in [-0.15, -0.1) is 0 Å². The SMILES string of the molecule is O=C(c1ccc(F)cc1)C1CCN(c2cc(N3CCCC3)ccc2OCc2ccccc2)CC1. The highest BCUT2D eigenvalue weighted by atomic mass is 19.1. The molecule has 3 aromatic rings. The van der Waals surface area contributed by atoms with Gasteiger partial charge in [0.1, 0.15) is 18.2 Å². The number of hydrogen-bond acceptors (Lipinski definition) is 4. The molecule has 0 bridgehead atoms. The maximum absolute atomic E-state index is 13.3. The second kappa shape index (κ2) is 10.3. The van der Waals surface area contributed by atoms with E-state index in [1.165, 1.54) is 30.7 Å². The Bertz CT molecular complexity index is 1100. The van der Waals surface area contributed by atoms with Gasteiger partial charge in [-0.25, -0.2) is 4.39 Å². The molecule has 2 aliphatic heterocycles. The van der Waals surface area contributed by atoms with Gasteiger partial charge in [-0.1, -0.05) is 30.3 Å². The molecule has 5 heteroatoms. The van der Waals surface area contributed by atoms with Crippen molar-refractivity contribution in [2.75, 3.05) is 36.0 Å². The summed E-state index contributed by atoms with van der Waals surface area (Å²) in [5, 5.41) is 0. The van der Waals surface area contributed by atoms with Crippen LogP contribution in [0.15, 0.2) is 72.8 Å². The van der Waals surface area contributed by atoms with Gasteiger partial charge in [0.05, 0.1) is 5.69 Å². The molecule has 0 spiro atoms. The number of ether oxygens (including phenoxy) is 1. The first kappa shape index (κ1) is 22.5. The Morgan fingerprint density at radius 2 is 1.56 bits per heavy atom. The maximum Gasteiger partial charge on any atom is 0.166 e. The highest BCUT2D eigenvalue weighted by Gasteiger charge is 2.28. The van der Waals surface area contributed by atoms with Crippen molar-refractivity contribution >= 4 is 17.2 Å². The molecule has 34 heavy (non-hydrogen) atoms. The van der Waals surface area contributed by atoms with Crippen LogP contribution in [0.2, 0.25) is 0 Å². The van der Waals surface area contributed by atoms with E-state index in [4.69, 9.17) is 4.74 Å². The number of carbonyl (C=O) groups is 1. The van der Waals surface area contributed by atoms with Crippen LogP contribution >= 0.6 is 0 Å². The second-order valence-electron chi connectivity index (χ2n) is 9.25. The highest BCUT2D eigenvalue weighted by molar-refractivity contribution is 5.98. The van der Waals surface area contributed by atoms with E-state index < -0.39 is 0 Å². The fourth-order valence-corrected chi connectivity index (χ4v) is 5.01. The van der Waals surface area contributed by atoms with Crippen molar-refractivity contribution in [3.05, 3.63) is 89.7 Å². The number of benzene rings is 3. The van der Waals surface area contributed by atoms with E-state index in [1.54, 1.807) is 12.1 Å². The largest absolute Gasteiger partial charge is 0.487 e. The second-order valence-corrected chi connectivity index (χ2v) is 9.25. The molecule has 0 radical (unpaired) electrons. The van der Waals surface area contributed by atoms with Gasteiger partial charge in [-0.05, 0) is 73.7 Å². The zero-order valence-electron chi connectivity index (χ0n) is 19.5. The van der Waals surface area contributed by atoms with Crippen molar-refractivity contribution in [3.63, 3.8) is 0 Å². The molecule has 2 heterocycles. The molecule has 2 fully saturated rings. The van der Waals surface area contributed by atoms with Gasteiger partial charge in [-0.3, -0.25) is 4.79 Å². The molecule has 0 aromatic heterocycles. The summed E-state index contributed by atoms with van der Waals surface area (Å²) in [7, 11) is 0. The maximum atomic E-state index is 13.3. The third-order valence-corrected chi connectivity index (χ3v) is 6.99. The van der Waals surface area contributed by atoms with Crippen LogP contribution < -0.4 is 14.5 Å². The average Bonchev–Trinajstić information content (AvgIpc) is 3.43. The number of carbonyl (C=O) groups excluding carboxylic acids is 1. The van der Waals surface area contributed by atoms with Crippen molar-refractivity contribution in [1.82, 2.24) is 0 Å². The predicted molar refractivity (Wildman–Crippen MR) is 134 cm³/mol. The molecule has 0 atom stereocenters. The van der Waals surface area contributed by atoms with E-state index in [0.29, 0.717) is 12.2 Å². The van der Waals surface area contributed by atoms with E-state index in [1.807, 2.05) is 18.2 Å². The van der Waals surface area contributed by atoms with Crippen LogP contribution in [0.4, 0.5) is 15.8 Å². The molecule has 0 amide bonds. The van der Waals surface area contributed by atoms with E-state index >= 15 is 0 Å². The van der Waals surface area contributed by atoms with Crippen molar-refractivity contribution in [1.29, 1.82) is 0 Å². The Balaban J connectivity index is 1.32. The minimum atomic E-state index is -0.313. The Morgan fingerprint density at radius 3 is 2.26 bits per heavy atom. The monoisotopic (exact) mass is 458 g/mol. The van der Waals surface area contributed by atoms with Crippen LogP contribution in [-0.2, 0) is 6.61 Å². The molecule has 2 saturated heterocycles. The molecule has 0 N–H and O–H groups in total. The van der Waals surface area contributed by atoms with Crippen LogP contribution in [0, 0.1) is 11.7 Å². The van der Waals surface area contributed by atoms with Gasteiger partial charge in [0.15, 0.2) is 5.78 Å². The Morgan fingerprint density at radius 1 is 0.853 bits per heavy atom. The van der Waals surface area contributed by atoms with Gasteiger partial charge in [-0.2, -0.15) is 0 Å². The van der Waals surface area contributed by atoms with Gasteiger partial charge >= 0.3 is 0 Å². The third kappa shape index (κ3) is 5.09. The fourth-order valence-electron chi connectivity index (χ4n) is 5.01. The lowest BCUT2D eigenvalue weighted by atomic mass is 9.88. The number of hydrogen-bond donors (Lipinski definition) is 0. The lowest BCUT2D eigenvalue weighted by molar-refractivity contribution is 0.0900. The van der Waals surface area contributed by atoms with Crippen molar-refractivity contribution in [2.24, 2.45) is 5.92 Å². The summed E-state index contributed by atoms with van der Waals surface area (Å²) >= 11 is 0. The van der Waals surface area contributed by atoms with Crippen LogP contribution in [0.5, 0.6) is 5.75 Å². The molecular weight excluding hydrogens is 427 g/mol. The molecule has 3 aromatic carbocycles. The van der Waals surface area contributed by atoms with Crippen LogP contribution in [0.25, 0.3) is 0 Å². The molecule has 0 aliphatic carbocycles. The van der Waals surface area contributed by atoms with E-state index in [2.05, 4.69) is 40.1 Å². The summed E-state index contributed by atoms with van der Waals surface area (Å²) in [6.07, 6.45) is 4.03. The first-order valence-corrected chi connectivity index (χ1v) is 12.3. The smallest absolute Gasteiger partial charge is 0.166 e. The lowest BCUT2D eigenvalue weighted by Gasteiger charge is -2.34. The standard InChI is InChI=1S/C29H31FN2O2/c30-25-10-8-23(9-11-25)29(33)24-14-18-32(19-15-24)27-20-26(31-16-4-5-17-31)12-13-28(27)34-21-22-6-2-1-3-7-22/h1-3,6-13,20,24H,4-5,14-19,21H2. The Kier molecular flexibility index (Phi) is 6.79. The summed E-state index contributed by atoms with van der Waals surface area (Å²) in [5.41, 5.74) is 4.08. The lowest BCUT2D eigenvalue weighted by Crippen LogP contribution is -2.36. The number of ketones is 1. The quantitative estimate of drug-likeness (QED) is 0.400. The molecular formula is C29H31FN2O2. The van der Waals surface area contributed by atoms with Crippen molar-refractivity contribution < 1.29 is 13.9 Å². The molecule has 2 aliphatic rings. The molecule has 4 nitrogen and oxygen atoms in total. The normalized spacial score (nSPS) is 16.6. The van der Waals surface area contributed by atoms with Crippen molar-refractivity contribution in [2.45, 2.75) is 32.3 Å². The summed E-state index contributed by atoms with van der Waals surface area (Å²) in [6, 6.07) is 22.7. The minimum Gasteiger partial charge on any atom is -0.487 e. The van der Waals surface area contributed by atoms with E-state index in [-0.39, 0.29) is 17.5 Å². The number of anilines is 2. The van der Waals surface area contributed by atoms with Crippen LogP contribution in [0.3, 0.4) is 0 Å². The fraction of sp³-hybridized carbons (Fsp3) is 0.345. The number of halogens is 1. The summed E-state index contributed by atoms with van der Waals surface area (Å²) < 4.78 is 19.5. The zero-order chi connectivity index (χ0) is 23.3. The number of rotatable bonds is 7. The van der Waals surface area contributed by atoms with Gasteiger partial charge in [0, 0.05) is 43.3 Å². The summed E-state index contributed by atoms with van der Waals surface area (Å²) in [4.78, 5) is 17.7. The highest BCUT2D eigenvalue weighted by Crippen LogP contribution is 2.37. The zero-order valence-corrected chi connectivity index (χ0v) is 19.5. The summed E-state index contributed by atoms with van der Waals surface area (Å²) in [6.45, 7) is 4.30. The topological polar surface area (TPSA) is 32.8 Å². The van der Waals surface area contributed by atoms with Crippen LogP contribution in [-0.4, -0.2) is 32.0 Å². The summed E-state index contributed by atoms with van der Waals surface area (Å²) in [5.74, 6) is 0.658. The predicted octanol–water partition coefficient (Wildman–Crippen LogP) is 6.10. The van der Waals surface area contributed by atoms with E-state index in [9.17, 15) is 9.18 Å². The third-order valence-electron chi connectivity index (χ3n) is 6.99. The molecule has 0 unspecified atom stereocenters. The first-order chi connectivity index (χ1) is 16.7. The Labute approximate surface area is 201 Å². The first-order valence-electron chi connectivity index (χ1n) is 12.3. The Hall–Kier alpha value is -3.34. The van der Waals surface area contributed by atoms with Crippen molar-refractivity contribution in [3.8, 4) is 5.75 Å². The molecule has 5 rings (SSSR count). The minimum absolute atomic E-state index is 0.0304. The molecule has 176 valence electrons. The van der Waals surface area contributed by atoms with E-state index in [0.717, 1.165) is 56.0 Å².